The maximum atomic E-state index is 11.5. The van der Waals surface area contributed by atoms with E-state index >= 15 is 0 Å². The van der Waals surface area contributed by atoms with Crippen LogP contribution in [-0.2, 0) is 11.2 Å². The second-order valence-corrected chi connectivity index (χ2v) is 4.14. The van der Waals surface area contributed by atoms with Crippen molar-refractivity contribution in [3.05, 3.63) is 24.3 Å². The van der Waals surface area contributed by atoms with Gasteiger partial charge in [-0.1, -0.05) is 5.16 Å². The lowest BCUT2D eigenvalue weighted by atomic mass is 10.2. The molecular formula is C12H15N3O4. The topological polar surface area (TPSA) is 101 Å². The molecule has 1 unspecified atom stereocenters. The van der Waals surface area contributed by atoms with E-state index in [0.717, 1.165) is 0 Å². The van der Waals surface area contributed by atoms with Gasteiger partial charge in [-0.2, -0.15) is 4.98 Å². The van der Waals surface area contributed by atoms with Crippen molar-refractivity contribution in [3.8, 4) is 11.6 Å². The van der Waals surface area contributed by atoms with Gasteiger partial charge in [0.15, 0.2) is 5.76 Å². The molecule has 0 aliphatic heterocycles. The van der Waals surface area contributed by atoms with Crippen LogP contribution in [0, 0.1) is 0 Å². The first kappa shape index (κ1) is 13.3. The number of rotatable bonds is 6. The molecule has 1 atom stereocenters. The van der Waals surface area contributed by atoms with E-state index in [9.17, 15) is 4.79 Å². The Morgan fingerprint density at radius 2 is 2.42 bits per heavy atom. The van der Waals surface area contributed by atoms with Crippen LogP contribution in [0.3, 0.4) is 0 Å². The molecule has 2 rings (SSSR count). The molecule has 0 saturated carbocycles. The number of aromatic nitrogens is 2. The first-order valence-electron chi connectivity index (χ1n) is 5.95. The van der Waals surface area contributed by atoms with Crippen molar-refractivity contribution in [1.29, 1.82) is 0 Å². The average Bonchev–Trinajstić information content (AvgIpc) is 3.06. The van der Waals surface area contributed by atoms with Crippen LogP contribution in [-0.4, -0.2) is 33.8 Å². The van der Waals surface area contributed by atoms with Crippen molar-refractivity contribution in [3.63, 3.8) is 0 Å². The van der Waals surface area contributed by atoms with Crippen molar-refractivity contribution >= 4 is 5.91 Å². The van der Waals surface area contributed by atoms with Gasteiger partial charge in [-0.05, 0) is 19.1 Å². The van der Waals surface area contributed by atoms with Gasteiger partial charge in [0.2, 0.25) is 17.6 Å². The van der Waals surface area contributed by atoms with Crippen molar-refractivity contribution in [2.45, 2.75) is 25.8 Å². The molecule has 1 amide bonds. The van der Waals surface area contributed by atoms with E-state index in [1.807, 2.05) is 0 Å². The molecule has 19 heavy (non-hydrogen) atoms. The van der Waals surface area contributed by atoms with Crippen molar-refractivity contribution in [1.82, 2.24) is 15.5 Å². The van der Waals surface area contributed by atoms with Gasteiger partial charge in [-0.3, -0.25) is 4.79 Å². The van der Waals surface area contributed by atoms with Crippen molar-refractivity contribution in [2.75, 3.05) is 6.61 Å². The van der Waals surface area contributed by atoms with E-state index in [-0.39, 0.29) is 25.0 Å². The number of aryl methyl sites for hydroxylation is 1. The lowest BCUT2D eigenvalue weighted by Crippen LogP contribution is -2.35. The molecule has 2 aromatic heterocycles. The molecule has 0 radical (unpaired) electrons. The highest BCUT2D eigenvalue weighted by atomic mass is 16.5. The summed E-state index contributed by atoms with van der Waals surface area (Å²) in [5, 5.41) is 15.2. The molecule has 2 aromatic rings. The van der Waals surface area contributed by atoms with Crippen LogP contribution in [0.2, 0.25) is 0 Å². The molecular weight excluding hydrogens is 250 g/mol. The van der Waals surface area contributed by atoms with Crippen LogP contribution in [0.4, 0.5) is 0 Å². The minimum atomic E-state index is -0.256. The maximum absolute atomic E-state index is 11.5. The molecule has 0 bridgehead atoms. The fourth-order valence-electron chi connectivity index (χ4n) is 1.48. The normalized spacial score (nSPS) is 12.3. The van der Waals surface area contributed by atoms with E-state index in [0.29, 0.717) is 23.9 Å². The third-order valence-corrected chi connectivity index (χ3v) is 2.46. The highest BCUT2D eigenvalue weighted by Gasteiger charge is 2.13. The second-order valence-electron chi connectivity index (χ2n) is 4.14. The molecule has 0 saturated heterocycles. The zero-order chi connectivity index (χ0) is 13.7. The van der Waals surface area contributed by atoms with E-state index < -0.39 is 0 Å². The summed E-state index contributed by atoms with van der Waals surface area (Å²) >= 11 is 0. The molecule has 7 nitrogen and oxygen atoms in total. The summed E-state index contributed by atoms with van der Waals surface area (Å²) in [5.41, 5.74) is 0. The van der Waals surface area contributed by atoms with E-state index in [4.69, 9.17) is 14.0 Å². The van der Waals surface area contributed by atoms with Crippen LogP contribution in [0.5, 0.6) is 0 Å². The van der Waals surface area contributed by atoms with Crippen LogP contribution in [0.15, 0.2) is 27.3 Å². The van der Waals surface area contributed by atoms with Crippen molar-refractivity contribution in [2.24, 2.45) is 0 Å². The summed E-state index contributed by atoms with van der Waals surface area (Å²) in [5.74, 6) is 1.09. The number of carbonyl (C=O) groups is 1. The van der Waals surface area contributed by atoms with Gasteiger partial charge in [0.1, 0.15) is 0 Å². The van der Waals surface area contributed by atoms with Crippen LogP contribution in [0.1, 0.15) is 19.2 Å². The summed E-state index contributed by atoms with van der Waals surface area (Å²) in [6.07, 6.45) is 2.09. The maximum Gasteiger partial charge on any atom is 0.238 e. The Labute approximate surface area is 109 Å². The zero-order valence-corrected chi connectivity index (χ0v) is 10.5. The Morgan fingerprint density at radius 3 is 3.11 bits per heavy atom. The Morgan fingerprint density at radius 1 is 1.58 bits per heavy atom. The van der Waals surface area contributed by atoms with Gasteiger partial charge in [0.05, 0.1) is 12.9 Å². The summed E-state index contributed by atoms with van der Waals surface area (Å²) in [4.78, 5) is 15.6. The fraction of sp³-hybridized carbons (Fsp3) is 0.417. The summed E-state index contributed by atoms with van der Waals surface area (Å²) in [6, 6.07) is 3.20. The molecule has 0 aliphatic carbocycles. The number of nitrogens with zero attached hydrogens (tertiary/aromatic N) is 2. The number of carbonyl (C=O) groups excluding carboxylic acids is 1. The first-order chi connectivity index (χ1) is 9.19. The molecule has 0 aliphatic rings. The Kier molecular flexibility index (Phi) is 4.30. The molecule has 0 spiro atoms. The largest absolute Gasteiger partial charge is 0.461 e. The zero-order valence-electron chi connectivity index (χ0n) is 10.5. The second kappa shape index (κ2) is 6.14. The van der Waals surface area contributed by atoms with E-state index in [1.54, 1.807) is 19.1 Å². The molecule has 0 aromatic carbocycles. The van der Waals surface area contributed by atoms with Gasteiger partial charge in [-0.25, -0.2) is 0 Å². The van der Waals surface area contributed by atoms with Crippen LogP contribution in [0.25, 0.3) is 11.6 Å². The number of furan rings is 1. The van der Waals surface area contributed by atoms with E-state index in [2.05, 4.69) is 15.5 Å². The molecule has 102 valence electrons. The third-order valence-electron chi connectivity index (χ3n) is 2.46. The third kappa shape index (κ3) is 3.65. The SMILES string of the molecule is CC(CO)NC(=O)CCc1nc(-c2ccco2)no1. The molecule has 7 heteroatoms. The number of aliphatic hydroxyl groups is 1. The van der Waals surface area contributed by atoms with Gasteiger partial charge in [-0.15, -0.1) is 0 Å². The number of aliphatic hydroxyl groups excluding tert-OH is 1. The Balaban J connectivity index is 1.85. The predicted molar refractivity (Wildman–Crippen MR) is 65.0 cm³/mol. The standard InChI is InChI=1S/C12H15N3O4/c1-8(7-16)13-10(17)4-5-11-14-12(15-19-11)9-3-2-6-18-9/h2-3,6,8,16H,4-5,7H2,1H3,(H,13,17). The summed E-state index contributed by atoms with van der Waals surface area (Å²) < 4.78 is 10.2. The quantitative estimate of drug-likeness (QED) is 0.799. The minimum absolute atomic E-state index is 0.0884. The highest BCUT2D eigenvalue weighted by molar-refractivity contribution is 5.76. The summed E-state index contributed by atoms with van der Waals surface area (Å²) in [6.45, 7) is 1.63. The lowest BCUT2D eigenvalue weighted by molar-refractivity contribution is -0.122. The number of hydrogen-bond donors (Lipinski definition) is 2. The highest BCUT2D eigenvalue weighted by Crippen LogP contribution is 2.16. The van der Waals surface area contributed by atoms with Crippen LogP contribution < -0.4 is 5.32 Å². The van der Waals surface area contributed by atoms with Crippen LogP contribution >= 0.6 is 0 Å². The molecule has 2 N–H and O–H groups in total. The molecule has 2 heterocycles. The van der Waals surface area contributed by atoms with Gasteiger partial charge >= 0.3 is 0 Å². The van der Waals surface area contributed by atoms with Gasteiger partial charge in [0, 0.05) is 18.9 Å². The number of amides is 1. The Hall–Kier alpha value is -2.15. The minimum Gasteiger partial charge on any atom is -0.461 e. The molecule has 0 fully saturated rings. The van der Waals surface area contributed by atoms with E-state index in [1.165, 1.54) is 6.26 Å². The first-order valence-corrected chi connectivity index (χ1v) is 5.95. The average molecular weight is 265 g/mol. The van der Waals surface area contributed by atoms with Crippen molar-refractivity contribution < 1.29 is 18.8 Å². The number of nitrogens with one attached hydrogen (secondary N) is 1. The number of hydrogen-bond acceptors (Lipinski definition) is 6. The smallest absolute Gasteiger partial charge is 0.238 e. The Bertz CT molecular complexity index is 521. The lowest BCUT2D eigenvalue weighted by Gasteiger charge is -2.09. The fourth-order valence-corrected chi connectivity index (χ4v) is 1.48. The van der Waals surface area contributed by atoms with Gasteiger partial charge < -0.3 is 19.4 Å². The van der Waals surface area contributed by atoms with Gasteiger partial charge in [0.25, 0.3) is 0 Å². The summed E-state index contributed by atoms with van der Waals surface area (Å²) in [7, 11) is 0. The monoisotopic (exact) mass is 265 g/mol. The predicted octanol–water partition coefficient (Wildman–Crippen LogP) is 0.759.